The normalized spacial score (nSPS) is 14.1. The average molecular weight is 632 g/mol. The van der Waals surface area contributed by atoms with Gasteiger partial charge in [-0.25, -0.2) is 13.4 Å². The van der Waals surface area contributed by atoms with Crippen molar-refractivity contribution in [3.05, 3.63) is 76.5 Å². The SMILES string of the molecule is O=C(CSc1nnc(CNC(=O)c2ccc(S(=O)(=O)N3CCCCC3)cc2)n1-c1cccc(Cl)c1)Nc1nccs1. The molecule has 1 saturated heterocycles. The summed E-state index contributed by atoms with van der Waals surface area (Å²) in [6.45, 7) is 1.04. The maximum absolute atomic E-state index is 12.9. The van der Waals surface area contributed by atoms with Crippen molar-refractivity contribution in [1.29, 1.82) is 0 Å². The monoisotopic (exact) mass is 631 g/mol. The summed E-state index contributed by atoms with van der Waals surface area (Å²) in [7, 11) is -3.59. The van der Waals surface area contributed by atoms with Gasteiger partial charge in [-0.05, 0) is 55.3 Å². The molecule has 1 aliphatic heterocycles. The Morgan fingerprint density at radius 1 is 1.05 bits per heavy atom. The van der Waals surface area contributed by atoms with E-state index in [1.165, 1.54) is 51.7 Å². The van der Waals surface area contributed by atoms with Crippen LogP contribution in [0.1, 0.15) is 35.4 Å². The van der Waals surface area contributed by atoms with Gasteiger partial charge in [-0.1, -0.05) is 35.9 Å². The third-order valence-corrected chi connectivity index (χ3v) is 10.0. The summed E-state index contributed by atoms with van der Waals surface area (Å²) >= 11 is 8.73. The number of benzene rings is 2. The van der Waals surface area contributed by atoms with E-state index >= 15 is 0 Å². The number of hydrogen-bond acceptors (Lipinski definition) is 9. The van der Waals surface area contributed by atoms with E-state index in [1.54, 1.807) is 34.3 Å². The maximum Gasteiger partial charge on any atom is 0.251 e. The molecule has 5 rings (SSSR count). The summed E-state index contributed by atoms with van der Waals surface area (Å²) in [4.78, 5) is 29.6. The standard InChI is InChI=1S/C26H26ClN7O4S3/c27-19-5-4-6-20(15-19)34-22(31-32-26(34)40-17-23(35)30-25-28-11-14-39-25)16-29-24(36)18-7-9-21(10-8-18)41(37,38)33-12-2-1-3-13-33/h4-11,14-15H,1-3,12-13,16-17H2,(H,29,36)(H,28,30,35). The number of aromatic nitrogens is 4. The quantitative estimate of drug-likeness (QED) is 0.248. The second-order valence-corrected chi connectivity index (χ2v) is 13.3. The number of carbonyl (C=O) groups excluding carboxylic acids is 2. The molecule has 0 bridgehead atoms. The molecule has 2 amide bonds. The number of carbonyl (C=O) groups is 2. The third kappa shape index (κ3) is 7.13. The Bertz CT molecular complexity index is 1620. The van der Waals surface area contributed by atoms with Crippen LogP contribution in [0.3, 0.4) is 0 Å². The molecule has 2 N–H and O–H groups in total. The molecule has 1 aliphatic rings. The van der Waals surface area contributed by atoms with E-state index in [4.69, 9.17) is 11.6 Å². The van der Waals surface area contributed by atoms with Gasteiger partial charge in [-0.2, -0.15) is 4.31 Å². The molecular weight excluding hydrogens is 606 g/mol. The van der Waals surface area contributed by atoms with Gasteiger partial charge in [0.2, 0.25) is 15.9 Å². The summed E-state index contributed by atoms with van der Waals surface area (Å²) in [6.07, 6.45) is 4.33. The highest BCUT2D eigenvalue weighted by atomic mass is 35.5. The molecule has 2 aromatic carbocycles. The van der Waals surface area contributed by atoms with Crippen molar-refractivity contribution in [3.63, 3.8) is 0 Å². The van der Waals surface area contributed by atoms with Crippen molar-refractivity contribution >= 4 is 61.7 Å². The number of hydrogen-bond donors (Lipinski definition) is 2. The molecule has 41 heavy (non-hydrogen) atoms. The first-order valence-electron chi connectivity index (χ1n) is 12.7. The Morgan fingerprint density at radius 2 is 1.83 bits per heavy atom. The number of halogens is 1. The zero-order valence-electron chi connectivity index (χ0n) is 21.7. The van der Waals surface area contributed by atoms with E-state index < -0.39 is 15.9 Å². The van der Waals surface area contributed by atoms with Gasteiger partial charge in [0.15, 0.2) is 16.1 Å². The van der Waals surface area contributed by atoms with Crippen molar-refractivity contribution in [2.75, 3.05) is 24.2 Å². The van der Waals surface area contributed by atoms with Crippen molar-refractivity contribution in [2.24, 2.45) is 0 Å². The minimum absolute atomic E-state index is 0.0258. The first-order chi connectivity index (χ1) is 19.8. The van der Waals surface area contributed by atoms with Crippen LogP contribution in [0.25, 0.3) is 5.69 Å². The molecule has 0 atom stereocenters. The Morgan fingerprint density at radius 3 is 2.54 bits per heavy atom. The molecule has 2 aromatic heterocycles. The molecule has 0 radical (unpaired) electrons. The van der Waals surface area contributed by atoms with Gasteiger partial charge >= 0.3 is 0 Å². The van der Waals surface area contributed by atoms with E-state index in [2.05, 4.69) is 25.8 Å². The lowest BCUT2D eigenvalue weighted by Crippen LogP contribution is -2.35. The van der Waals surface area contributed by atoms with Crippen LogP contribution in [0.15, 0.2) is 70.2 Å². The second kappa shape index (κ2) is 13.1. The van der Waals surface area contributed by atoms with Crippen LogP contribution in [0, 0.1) is 0 Å². The van der Waals surface area contributed by atoms with E-state index in [1.807, 2.05) is 6.07 Å². The highest BCUT2D eigenvalue weighted by molar-refractivity contribution is 7.99. The first-order valence-corrected chi connectivity index (χ1v) is 16.4. The van der Waals surface area contributed by atoms with Crippen LogP contribution in [0.5, 0.6) is 0 Å². The van der Waals surface area contributed by atoms with Crippen LogP contribution < -0.4 is 10.6 Å². The van der Waals surface area contributed by atoms with Gasteiger partial charge in [0, 0.05) is 35.3 Å². The number of thioether (sulfide) groups is 1. The molecule has 4 aromatic rings. The van der Waals surface area contributed by atoms with Crippen LogP contribution in [-0.4, -0.2) is 63.1 Å². The average Bonchev–Trinajstić information content (AvgIpc) is 3.65. The summed E-state index contributed by atoms with van der Waals surface area (Å²) in [6, 6.07) is 13.0. The number of thiazole rings is 1. The van der Waals surface area contributed by atoms with E-state index in [0.29, 0.717) is 45.5 Å². The van der Waals surface area contributed by atoms with Crippen LogP contribution >= 0.6 is 34.7 Å². The van der Waals surface area contributed by atoms with Gasteiger partial charge in [-0.15, -0.1) is 21.5 Å². The largest absolute Gasteiger partial charge is 0.345 e. The fourth-order valence-electron chi connectivity index (χ4n) is 4.25. The Kier molecular flexibility index (Phi) is 9.35. The lowest BCUT2D eigenvalue weighted by Gasteiger charge is -2.25. The fourth-order valence-corrected chi connectivity index (χ4v) is 7.26. The van der Waals surface area contributed by atoms with E-state index in [9.17, 15) is 18.0 Å². The predicted octanol–water partition coefficient (Wildman–Crippen LogP) is 4.21. The summed E-state index contributed by atoms with van der Waals surface area (Å²) in [5.74, 6) is -0.152. The zero-order valence-corrected chi connectivity index (χ0v) is 24.9. The van der Waals surface area contributed by atoms with Crippen molar-refractivity contribution in [1.82, 2.24) is 29.4 Å². The molecule has 214 valence electrons. The Hall–Kier alpha value is -3.30. The number of amides is 2. The number of nitrogens with zero attached hydrogens (tertiary/aromatic N) is 5. The van der Waals surface area contributed by atoms with Gasteiger partial charge in [0.25, 0.3) is 5.91 Å². The minimum Gasteiger partial charge on any atom is -0.345 e. The van der Waals surface area contributed by atoms with Crippen LogP contribution in [0.4, 0.5) is 5.13 Å². The van der Waals surface area contributed by atoms with Gasteiger partial charge in [0.1, 0.15) is 0 Å². The predicted molar refractivity (Wildman–Crippen MR) is 158 cm³/mol. The van der Waals surface area contributed by atoms with Gasteiger partial charge < -0.3 is 10.6 Å². The van der Waals surface area contributed by atoms with E-state index in [0.717, 1.165) is 19.3 Å². The highest BCUT2D eigenvalue weighted by Gasteiger charge is 2.26. The van der Waals surface area contributed by atoms with Crippen LogP contribution in [-0.2, 0) is 21.4 Å². The molecule has 0 unspecified atom stereocenters. The number of rotatable bonds is 10. The summed E-state index contributed by atoms with van der Waals surface area (Å²) < 4.78 is 29.1. The maximum atomic E-state index is 12.9. The fraction of sp³-hybridized carbons (Fsp3) is 0.269. The number of sulfonamides is 1. The molecule has 0 aliphatic carbocycles. The van der Waals surface area contributed by atoms with Crippen molar-refractivity contribution < 1.29 is 18.0 Å². The molecule has 1 fully saturated rings. The highest BCUT2D eigenvalue weighted by Crippen LogP contribution is 2.25. The number of piperidine rings is 1. The molecular formula is C26H26ClN7O4S3. The van der Waals surface area contributed by atoms with Gasteiger partial charge in [-0.3, -0.25) is 14.2 Å². The smallest absolute Gasteiger partial charge is 0.251 e. The molecule has 15 heteroatoms. The topological polar surface area (TPSA) is 139 Å². The van der Waals surface area contributed by atoms with Crippen LogP contribution in [0.2, 0.25) is 5.02 Å². The third-order valence-electron chi connectivity index (χ3n) is 6.25. The second-order valence-electron chi connectivity index (χ2n) is 9.06. The summed E-state index contributed by atoms with van der Waals surface area (Å²) in [5.41, 5.74) is 0.978. The summed E-state index contributed by atoms with van der Waals surface area (Å²) in [5, 5.41) is 17.3. The minimum atomic E-state index is -3.59. The zero-order chi connectivity index (χ0) is 28.8. The molecule has 11 nitrogen and oxygen atoms in total. The molecule has 3 heterocycles. The lowest BCUT2D eigenvalue weighted by atomic mass is 10.2. The lowest BCUT2D eigenvalue weighted by molar-refractivity contribution is -0.113. The number of anilines is 1. The number of nitrogens with one attached hydrogen (secondary N) is 2. The molecule has 0 spiro atoms. The van der Waals surface area contributed by atoms with E-state index in [-0.39, 0.29) is 23.1 Å². The Balaban J connectivity index is 1.28. The Labute approximate surface area is 250 Å². The molecule has 0 saturated carbocycles. The van der Waals surface area contributed by atoms with Gasteiger partial charge in [0.05, 0.1) is 22.9 Å². The van der Waals surface area contributed by atoms with Crippen molar-refractivity contribution in [2.45, 2.75) is 35.9 Å². The van der Waals surface area contributed by atoms with Crippen molar-refractivity contribution in [3.8, 4) is 5.69 Å². The first kappa shape index (κ1) is 29.2.